The Kier molecular flexibility index (Phi) is 6.46. The predicted molar refractivity (Wildman–Crippen MR) is 114 cm³/mol. The van der Waals surface area contributed by atoms with Gasteiger partial charge in [0.05, 0.1) is 5.69 Å². The highest BCUT2D eigenvalue weighted by Crippen LogP contribution is 2.43. The van der Waals surface area contributed by atoms with Crippen molar-refractivity contribution in [2.45, 2.75) is 31.2 Å². The molecule has 1 aromatic heterocycles. The summed E-state index contributed by atoms with van der Waals surface area (Å²) in [7, 11) is -0.846. The molecule has 0 amide bonds. The number of hydrogen-bond donors (Lipinski definition) is 1. The van der Waals surface area contributed by atoms with Crippen molar-refractivity contribution in [3.63, 3.8) is 0 Å². The van der Waals surface area contributed by atoms with E-state index in [1.807, 2.05) is 30.6 Å². The molecule has 0 aliphatic carbocycles. The van der Waals surface area contributed by atoms with Crippen molar-refractivity contribution in [3.8, 4) is 0 Å². The molecule has 0 spiro atoms. The lowest BCUT2D eigenvalue weighted by atomic mass is 9.88. The Balaban J connectivity index is 1.98. The second-order valence-electron chi connectivity index (χ2n) is 8.52. The summed E-state index contributed by atoms with van der Waals surface area (Å²) in [6, 6.07) is 4.24. The van der Waals surface area contributed by atoms with Gasteiger partial charge in [-0.25, -0.2) is 22.2 Å². The van der Waals surface area contributed by atoms with E-state index in [0.29, 0.717) is 6.54 Å². The third-order valence-electron chi connectivity index (χ3n) is 5.20. The zero-order valence-electron chi connectivity index (χ0n) is 17.6. The van der Waals surface area contributed by atoms with Crippen LogP contribution in [0.15, 0.2) is 29.2 Å². The average Bonchev–Trinajstić information content (AvgIpc) is 2.90. The van der Waals surface area contributed by atoms with Gasteiger partial charge >= 0.3 is 0 Å². The molecule has 1 aliphatic heterocycles. The molecule has 170 valence electrons. The Morgan fingerprint density at radius 3 is 2.61 bits per heavy atom. The lowest BCUT2D eigenvalue weighted by Crippen LogP contribution is -2.34. The van der Waals surface area contributed by atoms with Gasteiger partial charge < -0.3 is 9.80 Å². The number of anilines is 2. The van der Waals surface area contributed by atoms with Crippen LogP contribution in [0.1, 0.15) is 20.3 Å². The topological polar surface area (TPSA) is 65.5 Å². The summed E-state index contributed by atoms with van der Waals surface area (Å²) >= 11 is 6.19. The van der Waals surface area contributed by atoms with E-state index in [-0.39, 0.29) is 17.1 Å². The van der Waals surface area contributed by atoms with Gasteiger partial charge in [-0.05, 0) is 45.0 Å². The predicted octanol–water partition coefficient (Wildman–Crippen LogP) is 4.12. The fourth-order valence-electron chi connectivity index (χ4n) is 4.33. The summed E-state index contributed by atoms with van der Waals surface area (Å²) in [5.41, 5.74) is -0.0383. The smallest absolute Gasteiger partial charge is 0.268 e. The number of aromatic nitrogens is 1. The molecule has 1 aromatic carbocycles. The number of hydrogen-bond acceptors (Lipinski definition) is 5. The SMILES string of the molecule is C[C@@H]1C[C@@](C)(CN(C)C)CN1c1cc(F)c(S(=O)(=O)Nc2cccc(F)n2)c(F)c1Cl. The molecule has 0 radical (unpaired) electrons. The molecule has 31 heavy (non-hydrogen) atoms. The first-order chi connectivity index (χ1) is 14.3. The second-order valence-corrected chi connectivity index (χ2v) is 10.5. The van der Waals surface area contributed by atoms with Crippen molar-refractivity contribution in [2.24, 2.45) is 5.41 Å². The van der Waals surface area contributed by atoms with Gasteiger partial charge in [0.15, 0.2) is 10.7 Å². The first-order valence-electron chi connectivity index (χ1n) is 9.57. The largest absolute Gasteiger partial charge is 0.367 e. The van der Waals surface area contributed by atoms with Crippen LogP contribution in [0, 0.1) is 23.0 Å². The lowest BCUT2D eigenvalue weighted by molar-refractivity contribution is 0.238. The van der Waals surface area contributed by atoms with Crippen LogP contribution < -0.4 is 9.62 Å². The molecule has 2 aromatic rings. The summed E-state index contributed by atoms with van der Waals surface area (Å²) in [6.45, 7) is 5.28. The third-order valence-corrected chi connectivity index (χ3v) is 6.95. The standard InChI is InChI=1S/C20H24ClF3N4O2S/c1-12-9-20(2,10-27(3)4)11-28(12)14-8-13(22)19(18(24)17(14)21)31(29,30)26-16-7-5-6-15(23)25-16/h5-8,12H,9-11H2,1-4H3,(H,25,26)/t12-,20+/m1/s1. The average molecular weight is 477 g/mol. The summed E-state index contributed by atoms with van der Waals surface area (Å²) in [5, 5.41) is -0.491. The molecule has 0 saturated carbocycles. The van der Waals surface area contributed by atoms with Crippen LogP contribution in [0.25, 0.3) is 0 Å². The van der Waals surface area contributed by atoms with Gasteiger partial charge in [0.1, 0.15) is 16.7 Å². The van der Waals surface area contributed by atoms with E-state index in [1.165, 1.54) is 6.07 Å². The van der Waals surface area contributed by atoms with Crippen LogP contribution in [-0.4, -0.2) is 51.5 Å². The highest BCUT2D eigenvalue weighted by molar-refractivity contribution is 7.92. The van der Waals surface area contributed by atoms with E-state index >= 15 is 4.39 Å². The molecule has 1 saturated heterocycles. The van der Waals surface area contributed by atoms with Crippen molar-refractivity contribution in [1.29, 1.82) is 0 Å². The van der Waals surface area contributed by atoms with Crippen LogP contribution in [0.4, 0.5) is 24.7 Å². The lowest BCUT2D eigenvalue weighted by Gasteiger charge is -2.29. The van der Waals surface area contributed by atoms with Gasteiger partial charge in [-0.3, -0.25) is 4.72 Å². The molecule has 2 heterocycles. The van der Waals surface area contributed by atoms with Crippen molar-refractivity contribution in [3.05, 3.63) is 46.9 Å². The Morgan fingerprint density at radius 2 is 2.00 bits per heavy atom. The van der Waals surface area contributed by atoms with Gasteiger partial charge in [0.25, 0.3) is 10.0 Å². The monoisotopic (exact) mass is 476 g/mol. The zero-order valence-corrected chi connectivity index (χ0v) is 19.2. The number of halogens is 4. The van der Waals surface area contributed by atoms with E-state index in [4.69, 9.17) is 11.6 Å². The highest BCUT2D eigenvalue weighted by Gasteiger charge is 2.41. The number of rotatable bonds is 6. The quantitative estimate of drug-likeness (QED) is 0.502. The summed E-state index contributed by atoms with van der Waals surface area (Å²) in [6.07, 6.45) is 0.775. The molecule has 3 rings (SSSR count). The molecule has 2 atom stereocenters. The number of sulfonamides is 1. The first-order valence-corrected chi connectivity index (χ1v) is 11.4. The number of benzene rings is 1. The van der Waals surface area contributed by atoms with E-state index in [9.17, 15) is 17.2 Å². The van der Waals surface area contributed by atoms with Crippen LogP contribution in [0.3, 0.4) is 0 Å². The van der Waals surface area contributed by atoms with E-state index in [1.54, 1.807) is 4.90 Å². The second kappa shape index (κ2) is 8.48. The minimum Gasteiger partial charge on any atom is -0.367 e. The molecular weight excluding hydrogens is 453 g/mol. The van der Waals surface area contributed by atoms with Crippen molar-refractivity contribution < 1.29 is 21.6 Å². The zero-order chi connectivity index (χ0) is 23.1. The normalized spacial score (nSPS) is 21.7. The van der Waals surface area contributed by atoms with Gasteiger partial charge in [0, 0.05) is 25.2 Å². The maximum absolute atomic E-state index is 15.1. The summed E-state index contributed by atoms with van der Waals surface area (Å²) < 4.78 is 70.3. The molecule has 11 heteroatoms. The van der Waals surface area contributed by atoms with E-state index < -0.39 is 43.3 Å². The summed E-state index contributed by atoms with van der Waals surface area (Å²) in [4.78, 5) is 5.94. The highest BCUT2D eigenvalue weighted by atomic mass is 35.5. The Hall–Kier alpha value is -2.04. The first kappa shape index (κ1) is 23.6. The van der Waals surface area contributed by atoms with Gasteiger partial charge in [-0.1, -0.05) is 24.6 Å². The van der Waals surface area contributed by atoms with Crippen LogP contribution in [-0.2, 0) is 10.0 Å². The van der Waals surface area contributed by atoms with Crippen molar-refractivity contribution >= 4 is 33.1 Å². The molecule has 1 N–H and O–H groups in total. The summed E-state index contributed by atoms with van der Waals surface area (Å²) in [5.74, 6) is -4.06. The fourth-order valence-corrected chi connectivity index (χ4v) is 5.79. The molecule has 6 nitrogen and oxygen atoms in total. The van der Waals surface area contributed by atoms with Crippen LogP contribution in [0.5, 0.6) is 0 Å². The molecule has 0 unspecified atom stereocenters. The van der Waals surface area contributed by atoms with Gasteiger partial charge in [0.2, 0.25) is 5.95 Å². The molecule has 1 aliphatic rings. The van der Waals surface area contributed by atoms with Gasteiger partial charge in [-0.15, -0.1) is 0 Å². The molecular formula is C20H24ClF3N4O2S. The van der Waals surface area contributed by atoms with E-state index in [0.717, 1.165) is 31.2 Å². The fraction of sp³-hybridized carbons (Fsp3) is 0.450. The van der Waals surface area contributed by atoms with Crippen molar-refractivity contribution in [1.82, 2.24) is 9.88 Å². The minimum absolute atomic E-state index is 0.0571. The number of pyridine rings is 1. The van der Waals surface area contributed by atoms with Crippen molar-refractivity contribution in [2.75, 3.05) is 36.8 Å². The molecule has 1 fully saturated rings. The van der Waals surface area contributed by atoms with Crippen LogP contribution in [0.2, 0.25) is 5.02 Å². The number of nitrogens with one attached hydrogen (secondary N) is 1. The minimum atomic E-state index is -4.75. The maximum atomic E-state index is 15.1. The van der Waals surface area contributed by atoms with E-state index in [2.05, 4.69) is 11.9 Å². The Morgan fingerprint density at radius 1 is 1.32 bits per heavy atom. The third kappa shape index (κ3) is 4.91. The number of nitrogens with zero attached hydrogens (tertiary/aromatic N) is 3. The van der Waals surface area contributed by atoms with Gasteiger partial charge in [-0.2, -0.15) is 4.39 Å². The Bertz CT molecular complexity index is 1100. The maximum Gasteiger partial charge on any atom is 0.268 e. The Labute approximate surface area is 185 Å². The molecule has 0 bridgehead atoms. The van der Waals surface area contributed by atoms with Crippen LogP contribution >= 0.6 is 11.6 Å².